The molecule has 0 unspecified atom stereocenters. The van der Waals surface area contributed by atoms with Crippen LogP contribution in [-0.4, -0.2) is 49.4 Å². The molecule has 3 rings (SSSR count). The van der Waals surface area contributed by atoms with E-state index in [0.717, 1.165) is 12.8 Å². The molecule has 0 bridgehead atoms. The van der Waals surface area contributed by atoms with Crippen molar-refractivity contribution in [3.63, 3.8) is 0 Å². The maximum atomic E-state index is 12.6. The van der Waals surface area contributed by atoms with Gasteiger partial charge in [0.15, 0.2) is 0 Å². The van der Waals surface area contributed by atoms with E-state index in [4.69, 9.17) is 0 Å². The van der Waals surface area contributed by atoms with Gasteiger partial charge in [0.25, 0.3) is 5.56 Å². The summed E-state index contributed by atoms with van der Waals surface area (Å²) in [5, 5.41) is 9.32. The van der Waals surface area contributed by atoms with Crippen LogP contribution in [0.15, 0.2) is 29.3 Å². The predicted octanol–water partition coefficient (Wildman–Crippen LogP) is 1.15. The van der Waals surface area contributed by atoms with Gasteiger partial charge in [-0.15, -0.1) is 0 Å². The molecular formula is C18H20N4O4. The van der Waals surface area contributed by atoms with Crippen molar-refractivity contribution in [1.82, 2.24) is 19.9 Å². The Morgan fingerprint density at radius 1 is 1.38 bits per heavy atom. The van der Waals surface area contributed by atoms with Crippen LogP contribution < -0.4 is 5.56 Å². The number of H-pyrrole nitrogens is 1. The fraction of sp³-hybridized carbons (Fsp3) is 0.389. The Kier molecular flexibility index (Phi) is 5.11. The molecule has 8 heteroatoms. The number of carbonyl (C=O) groups is 2. The summed E-state index contributed by atoms with van der Waals surface area (Å²) >= 11 is 0. The molecule has 8 nitrogen and oxygen atoms in total. The van der Waals surface area contributed by atoms with Gasteiger partial charge in [0.05, 0.1) is 6.42 Å². The van der Waals surface area contributed by atoms with Crippen LogP contribution in [0, 0.1) is 6.92 Å². The van der Waals surface area contributed by atoms with Gasteiger partial charge in [0, 0.05) is 35.8 Å². The highest BCUT2D eigenvalue weighted by molar-refractivity contribution is 5.85. The first-order valence-corrected chi connectivity index (χ1v) is 8.50. The summed E-state index contributed by atoms with van der Waals surface area (Å²) in [4.78, 5) is 48.9. The van der Waals surface area contributed by atoms with Gasteiger partial charge < -0.3 is 15.0 Å². The largest absolute Gasteiger partial charge is 0.480 e. The van der Waals surface area contributed by atoms with Crippen LogP contribution in [0.25, 0.3) is 11.4 Å². The van der Waals surface area contributed by atoms with E-state index < -0.39 is 17.6 Å². The van der Waals surface area contributed by atoms with Crippen molar-refractivity contribution >= 4 is 11.9 Å². The quantitative estimate of drug-likeness (QED) is 0.849. The van der Waals surface area contributed by atoms with E-state index in [1.165, 1.54) is 4.90 Å². The van der Waals surface area contributed by atoms with Gasteiger partial charge in [-0.1, -0.05) is 0 Å². The van der Waals surface area contributed by atoms with E-state index in [1.54, 1.807) is 31.5 Å². The molecule has 0 saturated carbocycles. The SMILES string of the molecule is Cc1nc(-c2cccnc2)[nH]c(=O)c1CC(=O)N1CCCC[C@@H]1C(=O)O. The van der Waals surface area contributed by atoms with E-state index in [-0.39, 0.29) is 17.9 Å². The molecule has 1 saturated heterocycles. The zero-order chi connectivity index (χ0) is 18.7. The lowest BCUT2D eigenvalue weighted by Crippen LogP contribution is -2.49. The van der Waals surface area contributed by atoms with E-state index >= 15 is 0 Å². The molecule has 1 atom stereocenters. The number of carboxylic acid groups (broad SMARTS) is 1. The van der Waals surface area contributed by atoms with Gasteiger partial charge >= 0.3 is 5.97 Å². The molecule has 2 aromatic rings. The second-order valence-electron chi connectivity index (χ2n) is 6.33. The number of rotatable bonds is 4. The Morgan fingerprint density at radius 2 is 2.19 bits per heavy atom. The Balaban J connectivity index is 1.85. The Morgan fingerprint density at radius 3 is 2.85 bits per heavy atom. The number of aryl methyl sites for hydroxylation is 1. The highest BCUT2D eigenvalue weighted by Gasteiger charge is 2.32. The molecule has 2 N–H and O–H groups in total. The van der Waals surface area contributed by atoms with Gasteiger partial charge in [0.1, 0.15) is 11.9 Å². The van der Waals surface area contributed by atoms with Gasteiger partial charge in [-0.05, 0) is 38.3 Å². The highest BCUT2D eigenvalue weighted by Crippen LogP contribution is 2.19. The number of likely N-dealkylation sites (tertiary alicyclic amines) is 1. The van der Waals surface area contributed by atoms with Gasteiger partial charge in [-0.2, -0.15) is 0 Å². The monoisotopic (exact) mass is 356 g/mol. The lowest BCUT2D eigenvalue weighted by molar-refractivity contribution is -0.151. The van der Waals surface area contributed by atoms with Crippen molar-refractivity contribution in [3.05, 3.63) is 46.1 Å². The number of carboxylic acids is 1. The molecule has 0 aromatic carbocycles. The molecule has 1 aliphatic heterocycles. The summed E-state index contributed by atoms with van der Waals surface area (Å²) in [6.45, 7) is 2.07. The fourth-order valence-corrected chi connectivity index (χ4v) is 3.20. The zero-order valence-corrected chi connectivity index (χ0v) is 14.4. The molecule has 26 heavy (non-hydrogen) atoms. The number of aromatic amines is 1. The number of carbonyl (C=O) groups excluding carboxylic acids is 1. The van der Waals surface area contributed by atoms with Crippen LogP contribution >= 0.6 is 0 Å². The summed E-state index contributed by atoms with van der Waals surface area (Å²) in [6.07, 6.45) is 5.04. The Hall–Kier alpha value is -3.03. The van der Waals surface area contributed by atoms with Crippen molar-refractivity contribution in [1.29, 1.82) is 0 Å². The number of hydrogen-bond acceptors (Lipinski definition) is 5. The van der Waals surface area contributed by atoms with E-state index in [0.29, 0.717) is 30.0 Å². The number of pyridine rings is 1. The third-order valence-corrected chi connectivity index (χ3v) is 4.59. The van der Waals surface area contributed by atoms with Gasteiger partial charge in [-0.3, -0.25) is 14.6 Å². The van der Waals surface area contributed by atoms with Crippen molar-refractivity contribution in [2.24, 2.45) is 0 Å². The van der Waals surface area contributed by atoms with E-state index in [9.17, 15) is 19.5 Å². The van der Waals surface area contributed by atoms with Crippen LogP contribution in [-0.2, 0) is 16.0 Å². The van der Waals surface area contributed by atoms with Crippen molar-refractivity contribution < 1.29 is 14.7 Å². The molecular weight excluding hydrogens is 336 g/mol. The number of nitrogens with zero attached hydrogens (tertiary/aromatic N) is 3. The smallest absolute Gasteiger partial charge is 0.326 e. The average Bonchev–Trinajstić information content (AvgIpc) is 2.65. The van der Waals surface area contributed by atoms with Gasteiger partial charge in [-0.25, -0.2) is 9.78 Å². The summed E-state index contributed by atoms with van der Waals surface area (Å²) < 4.78 is 0. The number of nitrogens with one attached hydrogen (secondary N) is 1. The van der Waals surface area contributed by atoms with Crippen LogP contribution in [0.1, 0.15) is 30.5 Å². The standard InChI is InChI=1S/C18H20N4O4/c1-11-13(9-15(23)22-8-3-2-6-14(22)18(25)26)17(24)21-16(20-11)12-5-4-7-19-10-12/h4-5,7,10,14H,2-3,6,8-9H2,1H3,(H,25,26)(H,20,21,24)/t14-/m1/s1. The molecule has 1 fully saturated rings. The first kappa shape index (κ1) is 17.8. The van der Waals surface area contributed by atoms with Crippen LogP contribution in [0.2, 0.25) is 0 Å². The summed E-state index contributed by atoms with van der Waals surface area (Å²) in [7, 11) is 0. The molecule has 1 aliphatic rings. The third-order valence-electron chi connectivity index (χ3n) is 4.59. The highest BCUT2D eigenvalue weighted by atomic mass is 16.4. The van der Waals surface area contributed by atoms with E-state index in [1.807, 2.05) is 0 Å². The normalized spacial score (nSPS) is 17.1. The maximum absolute atomic E-state index is 12.6. The number of aromatic nitrogens is 3. The van der Waals surface area contributed by atoms with Crippen molar-refractivity contribution in [3.8, 4) is 11.4 Å². The Bertz CT molecular complexity index is 879. The van der Waals surface area contributed by atoms with Crippen LogP contribution in [0.3, 0.4) is 0 Å². The molecule has 2 aromatic heterocycles. The molecule has 0 spiro atoms. The molecule has 136 valence electrons. The first-order valence-electron chi connectivity index (χ1n) is 8.50. The minimum Gasteiger partial charge on any atom is -0.480 e. The number of aliphatic carboxylic acids is 1. The van der Waals surface area contributed by atoms with E-state index in [2.05, 4.69) is 15.0 Å². The lowest BCUT2D eigenvalue weighted by Gasteiger charge is -2.33. The summed E-state index contributed by atoms with van der Waals surface area (Å²) in [6, 6.07) is 2.70. The average molecular weight is 356 g/mol. The number of hydrogen-bond donors (Lipinski definition) is 2. The maximum Gasteiger partial charge on any atom is 0.326 e. The lowest BCUT2D eigenvalue weighted by atomic mass is 10.0. The summed E-state index contributed by atoms with van der Waals surface area (Å²) in [5.74, 6) is -0.978. The number of amides is 1. The van der Waals surface area contributed by atoms with Crippen LogP contribution in [0.5, 0.6) is 0 Å². The second-order valence-corrected chi connectivity index (χ2v) is 6.33. The second kappa shape index (κ2) is 7.47. The van der Waals surface area contributed by atoms with Crippen molar-refractivity contribution in [2.45, 2.75) is 38.6 Å². The molecule has 0 radical (unpaired) electrons. The molecule has 0 aliphatic carbocycles. The molecule has 3 heterocycles. The topological polar surface area (TPSA) is 116 Å². The Labute approximate surface area is 149 Å². The minimum atomic E-state index is -1.01. The van der Waals surface area contributed by atoms with Crippen molar-refractivity contribution in [2.75, 3.05) is 6.54 Å². The predicted molar refractivity (Wildman–Crippen MR) is 93.5 cm³/mol. The third kappa shape index (κ3) is 3.63. The van der Waals surface area contributed by atoms with Gasteiger partial charge in [0.2, 0.25) is 5.91 Å². The number of piperidine rings is 1. The summed E-state index contributed by atoms with van der Waals surface area (Å²) in [5.41, 5.74) is 0.989. The molecule has 1 amide bonds. The first-order chi connectivity index (χ1) is 12.5. The fourth-order valence-electron chi connectivity index (χ4n) is 3.20. The zero-order valence-electron chi connectivity index (χ0n) is 14.4. The van der Waals surface area contributed by atoms with Crippen LogP contribution in [0.4, 0.5) is 0 Å². The minimum absolute atomic E-state index is 0.161.